The molecule has 2 aliphatic heterocycles. The number of unbranched alkanes of at least 4 members (excludes halogenated alkanes) is 18. The molecule has 0 bridgehead atoms. The minimum atomic E-state index is -1.77. The second-order valence-electron chi connectivity index (χ2n) is 16.9. The molecule has 0 amide bonds. The van der Waals surface area contributed by atoms with E-state index in [2.05, 4.69) is 38.2 Å². The Kier molecular flexibility index (Phi) is 31.9. The van der Waals surface area contributed by atoms with Gasteiger partial charge in [0, 0.05) is 12.8 Å². The fraction of sp³-hybridized carbons (Fsp3) is 0.872. The van der Waals surface area contributed by atoms with Crippen molar-refractivity contribution in [3.05, 3.63) is 24.3 Å². The normalized spacial score (nSPS) is 27.2. The lowest BCUT2D eigenvalue weighted by Crippen LogP contribution is -2.61. The molecule has 0 radical (unpaired) electrons. The average molecular weight is 889 g/mol. The number of aliphatic hydroxyl groups excluding tert-OH is 7. The summed E-state index contributed by atoms with van der Waals surface area (Å²) < 4.78 is 33.5. The molecule has 0 aromatic rings. The van der Waals surface area contributed by atoms with Crippen molar-refractivity contribution in [2.24, 2.45) is 0 Å². The van der Waals surface area contributed by atoms with E-state index in [1.807, 2.05) is 0 Å². The van der Waals surface area contributed by atoms with Gasteiger partial charge >= 0.3 is 11.9 Å². The van der Waals surface area contributed by atoms with E-state index in [4.69, 9.17) is 28.4 Å². The Bertz CT molecular complexity index is 1180. The molecule has 15 nitrogen and oxygen atoms in total. The van der Waals surface area contributed by atoms with Gasteiger partial charge in [-0.15, -0.1) is 0 Å². The van der Waals surface area contributed by atoms with E-state index in [0.717, 1.165) is 64.2 Å². The van der Waals surface area contributed by atoms with E-state index >= 15 is 0 Å². The van der Waals surface area contributed by atoms with Crippen LogP contribution >= 0.6 is 0 Å². The van der Waals surface area contributed by atoms with Gasteiger partial charge in [0.15, 0.2) is 18.7 Å². The zero-order valence-corrected chi connectivity index (χ0v) is 37.9. The summed E-state index contributed by atoms with van der Waals surface area (Å²) in [5, 5.41) is 71.9. The van der Waals surface area contributed by atoms with Crippen molar-refractivity contribution in [3.8, 4) is 0 Å². The highest BCUT2D eigenvalue weighted by Crippen LogP contribution is 2.26. The Morgan fingerprint density at radius 2 is 0.919 bits per heavy atom. The van der Waals surface area contributed by atoms with Crippen LogP contribution in [0.3, 0.4) is 0 Å². The monoisotopic (exact) mass is 889 g/mol. The third-order valence-electron chi connectivity index (χ3n) is 11.4. The van der Waals surface area contributed by atoms with Gasteiger partial charge in [-0.25, -0.2) is 0 Å². The molecule has 7 N–H and O–H groups in total. The smallest absolute Gasteiger partial charge is 0.306 e. The Morgan fingerprint density at radius 1 is 0.500 bits per heavy atom. The van der Waals surface area contributed by atoms with Crippen molar-refractivity contribution < 1.29 is 73.8 Å². The standard InChI is InChI=1S/C47H84O15/c1-3-5-7-9-11-13-15-17-19-21-23-25-27-29-38(49)57-32-35(60-39(50)30-28-26-24-22-20-18-16-14-12-10-8-6-4-2)33-58-46-45(56)43(54)41(52)37(62-46)34-59-47-44(55)42(53)40(51)36(31-48)61-47/h14,16-17,19,35-37,40-48,51-56H,3-13,15,18,20-34H2,1-2H3/b16-14+,19-17+/t35-,36-,37-,40+,41+,42?,43?,44?,45?,46-,47-/m1/s1. The molecule has 0 saturated carbocycles. The fourth-order valence-corrected chi connectivity index (χ4v) is 7.38. The maximum absolute atomic E-state index is 12.9. The van der Waals surface area contributed by atoms with Crippen molar-refractivity contribution in [3.63, 3.8) is 0 Å². The molecule has 0 spiro atoms. The van der Waals surface area contributed by atoms with Crippen molar-refractivity contribution in [2.45, 2.75) is 235 Å². The molecular formula is C47H84O15. The van der Waals surface area contributed by atoms with E-state index in [-0.39, 0.29) is 26.1 Å². The highest BCUT2D eigenvalue weighted by Gasteiger charge is 2.47. The number of aliphatic hydroxyl groups is 7. The molecule has 15 heteroatoms. The molecule has 2 rings (SSSR count). The second kappa shape index (κ2) is 35.3. The van der Waals surface area contributed by atoms with Gasteiger partial charge in [0.1, 0.15) is 55.4 Å². The van der Waals surface area contributed by atoms with Crippen LogP contribution in [0.4, 0.5) is 0 Å². The molecule has 2 saturated heterocycles. The van der Waals surface area contributed by atoms with Crippen molar-refractivity contribution >= 4 is 11.9 Å². The molecule has 11 atom stereocenters. The fourth-order valence-electron chi connectivity index (χ4n) is 7.38. The minimum absolute atomic E-state index is 0.153. The molecule has 2 fully saturated rings. The largest absolute Gasteiger partial charge is 0.462 e. The predicted molar refractivity (Wildman–Crippen MR) is 234 cm³/mol. The number of hydrogen-bond acceptors (Lipinski definition) is 15. The van der Waals surface area contributed by atoms with Gasteiger partial charge in [-0.3, -0.25) is 9.59 Å². The minimum Gasteiger partial charge on any atom is -0.462 e. The zero-order chi connectivity index (χ0) is 45.4. The molecule has 62 heavy (non-hydrogen) atoms. The number of hydrogen-bond donors (Lipinski definition) is 7. The number of esters is 2. The number of carbonyl (C=O) groups excluding carboxylic acids is 2. The molecule has 0 aliphatic carbocycles. The molecule has 362 valence electrons. The van der Waals surface area contributed by atoms with Crippen LogP contribution < -0.4 is 0 Å². The average Bonchev–Trinajstić information content (AvgIpc) is 3.26. The quantitative estimate of drug-likeness (QED) is 0.0231. The third kappa shape index (κ3) is 23.8. The lowest BCUT2D eigenvalue weighted by Gasteiger charge is -2.42. The highest BCUT2D eigenvalue weighted by molar-refractivity contribution is 5.70. The van der Waals surface area contributed by atoms with Crippen LogP contribution in [-0.4, -0.2) is 142 Å². The van der Waals surface area contributed by atoms with Gasteiger partial charge in [-0.2, -0.15) is 0 Å². The SMILES string of the molecule is CCCCCC/C=C/CCCCCCCC(=O)O[C@H](COC(=O)CCCCC/C=C/CCCCCCCC)CO[C@@H]1O[C@H](CO[C@@H]2O[C@H](CO)[C@H](O)C(O)C2O)[C@H](O)C(O)C1O. The zero-order valence-electron chi connectivity index (χ0n) is 37.9. The van der Waals surface area contributed by atoms with E-state index in [0.29, 0.717) is 12.8 Å². The number of rotatable bonds is 36. The Balaban J connectivity index is 1.85. The number of carbonyl (C=O) groups is 2. The first-order chi connectivity index (χ1) is 30.0. The summed E-state index contributed by atoms with van der Waals surface area (Å²) in [6.45, 7) is 2.53. The molecule has 2 heterocycles. The van der Waals surface area contributed by atoms with Gasteiger partial charge in [0.05, 0.1) is 19.8 Å². The van der Waals surface area contributed by atoms with Crippen LogP contribution in [0.25, 0.3) is 0 Å². The molecule has 0 aromatic heterocycles. The van der Waals surface area contributed by atoms with Gasteiger partial charge in [0.25, 0.3) is 0 Å². The summed E-state index contributed by atoms with van der Waals surface area (Å²) in [5.41, 5.74) is 0. The summed E-state index contributed by atoms with van der Waals surface area (Å²) in [5.74, 6) is -0.953. The van der Waals surface area contributed by atoms with Crippen molar-refractivity contribution in [2.75, 3.05) is 26.4 Å². The summed E-state index contributed by atoms with van der Waals surface area (Å²) in [4.78, 5) is 25.6. The van der Waals surface area contributed by atoms with Gasteiger partial charge in [0.2, 0.25) is 0 Å². The lowest BCUT2D eigenvalue weighted by molar-refractivity contribution is -0.332. The summed E-state index contributed by atoms with van der Waals surface area (Å²) >= 11 is 0. The van der Waals surface area contributed by atoms with E-state index in [1.54, 1.807) is 0 Å². The summed E-state index contributed by atoms with van der Waals surface area (Å²) in [6.07, 6.45) is 16.5. The van der Waals surface area contributed by atoms with Crippen LogP contribution in [0, 0.1) is 0 Å². The summed E-state index contributed by atoms with van der Waals surface area (Å²) in [7, 11) is 0. The van der Waals surface area contributed by atoms with E-state index in [1.165, 1.54) is 64.2 Å². The van der Waals surface area contributed by atoms with Crippen molar-refractivity contribution in [1.29, 1.82) is 0 Å². The molecular weight excluding hydrogens is 805 g/mol. The first-order valence-electron chi connectivity index (χ1n) is 23.9. The molecule has 2 aliphatic rings. The first-order valence-corrected chi connectivity index (χ1v) is 23.9. The van der Waals surface area contributed by atoms with E-state index in [9.17, 15) is 45.3 Å². The first kappa shape index (κ1) is 56.1. The van der Waals surface area contributed by atoms with E-state index < -0.39 is 92.7 Å². The number of ether oxygens (including phenoxy) is 6. The second-order valence-corrected chi connectivity index (χ2v) is 16.9. The van der Waals surface area contributed by atoms with Crippen LogP contribution in [-0.2, 0) is 38.0 Å². The predicted octanol–water partition coefficient (Wildman–Crippen LogP) is 5.60. The highest BCUT2D eigenvalue weighted by atomic mass is 16.7. The maximum Gasteiger partial charge on any atom is 0.306 e. The van der Waals surface area contributed by atoms with Gasteiger partial charge < -0.3 is 64.2 Å². The Labute approximate surface area is 371 Å². The number of allylic oxidation sites excluding steroid dienone is 4. The Hall–Kier alpha value is -2.02. The van der Waals surface area contributed by atoms with Crippen LogP contribution in [0.15, 0.2) is 24.3 Å². The topological polar surface area (TPSA) is 231 Å². The third-order valence-corrected chi connectivity index (χ3v) is 11.4. The molecule has 0 aromatic carbocycles. The summed E-state index contributed by atoms with van der Waals surface area (Å²) in [6, 6.07) is 0. The molecule has 4 unspecified atom stereocenters. The van der Waals surface area contributed by atoms with Gasteiger partial charge in [-0.1, -0.05) is 115 Å². The lowest BCUT2D eigenvalue weighted by atomic mass is 9.98. The van der Waals surface area contributed by atoms with Crippen LogP contribution in [0.2, 0.25) is 0 Å². The Morgan fingerprint density at radius 3 is 1.45 bits per heavy atom. The maximum atomic E-state index is 12.9. The van der Waals surface area contributed by atoms with Gasteiger partial charge in [-0.05, 0) is 64.2 Å². The van der Waals surface area contributed by atoms with Crippen LogP contribution in [0.1, 0.15) is 168 Å². The van der Waals surface area contributed by atoms with Crippen LogP contribution in [0.5, 0.6) is 0 Å². The van der Waals surface area contributed by atoms with Crippen molar-refractivity contribution in [1.82, 2.24) is 0 Å².